The average Bonchev–Trinajstić information content (AvgIpc) is 2.25. The van der Waals surface area contributed by atoms with Crippen molar-refractivity contribution in [3.8, 4) is 5.75 Å². The summed E-state index contributed by atoms with van der Waals surface area (Å²) in [5.74, 6) is 0.121. The Balaban J connectivity index is 3.27. The first-order valence-corrected chi connectivity index (χ1v) is 4.36. The molecule has 0 heterocycles. The Morgan fingerprint density at radius 1 is 1.31 bits per heavy atom. The highest BCUT2D eigenvalue weighted by Crippen LogP contribution is 2.34. The zero-order valence-corrected chi connectivity index (χ0v) is 8.41. The van der Waals surface area contributed by atoms with Crippen LogP contribution in [0.15, 0.2) is 24.3 Å². The maximum atomic E-state index is 12.6. The molecular formula is C11H9F3O2. The first-order valence-electron chi connectivity index (χ1n) is 4.36. The predicted molar refractivity (Wildman–Crippen MR) is 53.1 cm³/mol. The molecule has 0 amide bonds. The molecule has 0 saturated carbocycles. The first kappa shape index (κ1) is 12.3. The molecule has 0 atom stereocenters. The lowest BCUT2D eigenvalue weighted by atomic mass is 10.1. The van der Waals surface area contributed by atoms with Crippen molar-refractivity contribution >= 4 is 12.4 Å². The van der Waals surface area contributed by atoms with Crippen LogP contribution < -0.4 is 4.74 Å². The fraction of sp³-hybridized carbons (Fsp3) is 0.182. The normalized spacial score (nSPS) is 11.8. The summed E-state index contributed by atoms with van der Waals surface area (Å²) >= 11 is 0. The van der Waals surface area contributed by atoms with Crippen LogP contribution in [0.4, 0.5) is 13.2 Å². The lowest BCUT2D eigenvalue weighted by Crippen LogP contribution is -2.07. The molecule has 86 valence electrons. The second-order valence-electron chi connectivity index (χ2n) is 2.95. The van der Waals surface area contributed by atoms with Crippen LogP contribution in [0.5, 0.6) is 5.75 Å². The Hall–Kier alpha value is -1.78. The number of aldehydes is 1. The number of ether oxygens (including phenoxy) is 1. The average molecular weight is 230 g/mol. The molecular weight excluding hydrogens is 221 g/mol. The van der Waals surface area contributed by atoms with Crippen molar-refractivity contribution in [2.45, 2.75) is 6.18 Å². The van der Waals surface area contributed by atoms with Gasteiger partial charge in [-0.25, -0.2) is 0 Å². The van der Waals surface area contributed by atoms with Gasteiger partial charge in [-0.05, 0) is 23.8 Å². The quantitative estimate of drug-likeness (QED) is 0.589. The van der Waals surface area contributed by atoms with Crippen LogP contribution in [0.25, 0.3) is 6.08 Å². The minimum Gasteiger partial charge on any atom is -0.497 e. The van der Waals surface area contributed by atoms with E-state index < -0.39 is 11.7 Å². The van der Waals surface area contributed by atoms with Gasteiger partial charge in [0.15, 0.2) is 0 Å². The zero-order chi connectivity index (χ0) is 12.2. The molecule has 1 rings (SSSR count). The molecule has 5 heteroatoms. The van der Waals surface area contributed by atoms with E-state index in [1.807, 2.05) is 0 Å². The minimum absolute atomic E-state index is 0.0691. The monoisotopic (exact) mass is 230 g/mol. The summed E-state index contributed by atoms with van der Waals surface area (Å²) in [6.45, 7) is 0. The number of methoxy groups -OCH3 is 1. The summed E-state index contributed by atoms with van der Waals surface area (Å²) in [4.78, 5) is 10.1. The van der Waals surface area contributed by atoms with E-state index in [0.717, 1.165) is 18.2 Å². The molecule has 0 spiro atoms. The van der Waals surface area contributed by atoms with Gasteiger partial charge in [0.1, 0.15) is 12.0 Å². The van der Waals surface area contributed by atoms with Crippen LogP contribution in [0.1, 0.15) is 11.1 Å². The number of rotatable bonds is 3. The molecule has 0 aliphatic heterocycles. The molecule has 0 aliphatic rings. The Morgan fingerprint density at radius 3 is 2.50 bits per heavy atom. The molecule has 16 heavy (non-hydrogen) atoms. The highest BCUT2D eigenvalue weighted by Gasteiger charge is 2.33. The molecule has 0 bridgehead atoms. The molecule has 0 radical (unpaired) electrons. The van der Waals surface area contributed by atoms with Gasteiger partial charge in [0.2, 0.25) is 0 Å². The van der Waals surface area contributed by atoms with Gasteiger partial charge in [0.05, 0.1) is 12.7 Å². The zero-order valence-electron chi connectivity index (χ0n) is 8.41. The number of carbonyl (C=O) groups excluding carboxylic acids is 1. The molecule has 2 nitrogen and oxygen atoms in total. The molecule has 0 saturated heterocycles. The second-order valence-corrected chi connectivity index (χ2v) is 2.95. The van der Waals surface area contributed by atoms with Gasteiger partial charge in [-0.1, -0.05) is 12.1 Å². The summed E-state index contributed by atoms with van der Waals surface area (Å²) in [6.07, 6.45) is -1.94. The van der Waals surface area contributed by atoms with Crippen LogP contribution in [-0.4, -0.2) is 13.4 Å². The number of halogens is 3. The molecule has 0 N–H and O–H groups in total. The van der Waals surface area contributed by atoms with E-state index in [2.05, 4.69) is 0 Å². The molecule has 0 unspecified atom stereocenters. The lowest BCUT2D eigenvalue weighted by molar-refractivity contribution is -0.137. The second kappa shape index (κ2) is 4.83. The van der Waals surface area contributed by atoms with E-state index in [4.69, 9.17) is 4.74 Å². The van der Waals surface area contributed by atoms with E-state index in [-0.39, 0.29) is 11.3 Å². The van der Waals surface area contributed by atoms with Gasteiger partial charge in [-0.2, -0.15) is 13.2 Å². The highest BCUT2D eigenvalue weighted by atomic mass is 19.4. The van der Waals surface area contributed by atoms with Crippen molar-refractivity contribution < 1.29 is 22.7 Å². The number of benzene rings is 1. The third-order valence-electron chi connectivity index (χ3n) is 1.92. The summed E-state index contributed by atoms with van der Waals surface area (Å²) in [5, 5.41) is 0. The third-order valence-corrected chi connectivity index (χ3v) is 1.92. The van der Waals surface area contributed by atoms with Gasteiger partial charge in [0.25, 0.3) is 0 Å². The summed E-state index contributed by atoms with van der Waals surface area (Å²) < 4.78 is 42.6. The predicted octanol–water partition coefficient (Wildman–Crippen LogP) is 2.93. The van der Waals surface area contributed by atoms with Gasteiger partial charge in [-0.15, -0.1) is 0 Å². The van der Waals surface area contributed by atoms with E-state index >= 15 is 0 Å². The van der Waals surface area contributed by atoms with Crippen molar-refractivity contribution in [1.29, 1.82) is 0 Å². The highest BCUT2D eigenvalue weighted by molar-refractivity contribution is 5.75. The first-order chi connectivity index (χ1) is 7.49. The van der Waals surface area contributed by atoms with E-state index in [1.54, 1.807) is 0 Å². The minimum atomic E-state index is -4.48. The smallest absolute Gasteiger partial charge is 0.417 e. The maximum absolute atomic E-state index is 12.6. The SMILES string of the molecule is COc1ccc(C=CC=O)c(C(F)(F)F)c1. The van der Waals surface area contributed by atoms with Crippen molar-refractivity contribution in [1.82, 2.24) is 0 Å². The van der Waals surface area contributed by atoms with Crippen LogP contribution in [0.3, 0.4) is 0 Å². The number of alkyl halides is 3. The molecule has 1 aromatic carbocycles. The van der Waals surface area contributed by atoms with Gasteiger partial charge < -0.3 is 4.74 Å². The standard InChI is InChI=1S/C11H9F3O2/c1-16-9-5-4-8(3-2-6-15)10(7-9)11(12,13)14/h2-7H,1H3. The summed E-state index contributed by atoms with van der Waals surface area (Å²) in [7, 11) is 1.29. The fourth-order valence-electron chi connectivity index (χ4n) is 1.20. The molecule has 0 aromatic heterocycles. The maximum Gasteiger partial charge on any atom is 0.417 e. The summed E-state index contributed by atoms with van der Waals surface area (Å²) in [5.41, 5.74) is -0.898. The number of allylic oxidation sites excluding steroid dienone is 1. The molecule has 0 fully saturated rings. The Labute approximate surface area is 90.3 Å². The van der Waals surface area contributed by atoms with Gasteiger partial charge in [-0.3, -0.25) is 4.79 Å². The van der Waals surface area contributed by atoms with Crippen molar-refractivity contribution in [3.63, 3.8) is 0 Å². The Morgan fingerprint density at radius 2 is 2.00 bits per heavy atom. The number of hydrogen-bond donors (Lipinski definition) is 0. The largest absolute Gasteiger partial charge is 0.497 e. The summed E-state index contributed by atoms with van der Waals surface area (Å²) in [6, 6.07) is 3.55. The number of carbonyl (C=O) groups is 1. The molecule has 1 aromatic rings. The molecule has 0 aliphatic carbocycles. The van der Waals surface area contributed by atoms with Gasteiger partial charge in [0, 0.05) is 0 Å². The third kappa shape index (κ3) is 2.85. The van der Waals surface area contributed by atoms with Crippen LogP contribution in [0.2, 0.25) is 0 Å². The fourth-order valence-corrected chi connectivity index (χ4v) is 1.20. The topological polar surface area (TPSA) is 26.3 Å². The van der Waals surface area contributed by atoms with Gasteiger partial charge >= 0.3 is 6.18 Å². The van der Waals surface area contributed by atoms with Crippen molar-refractivity contribution in [2.24, 2.45) is 0 Å². The Kier molecular flexibility index (Phi) is 3.71. The van der Waals surface area contributed by atoms with E-state index in [9.17, 15) is 18.0 Å². The van der Waals surface area contributed by atoms with E-state index in [1.165, 1.54) is 19.2 Å². The van der Waals surface area contributed by atoms with E-state index in [0.29, 0.717) is 6.29 Å². The van der Waals surface area contributed by atoms with Crippen LogP contribution >= 0.6 is 0 Å². The van der Waals surface area contributed by atoms with Crippen LogP contribution in [0, 0.1) is 0 Å². The van der Waals surface area contributed by atoms with Crippen molar-refractivity contribution in [3.05, 3.63) is 35.4 Å². The number of hydrogen-bond acceptors (Lipinski definition) is 2. The Bertz CT molecular complexity index is 408. The lowest BCUT2D eigenvalue weighted by Gasteiger charge is -2.11. The van der Waals surface area contributed by atoms with Crippen LogP contribution in [-0.2, 0) is 11.0 Å². The van der Waals surface area contributed by atoms with Crippen molar-refractivity contribution in [2.75, 3.05) is 7.11 Å².